The molecule has 0 aliphatic rings. The molecule has 0 aliphatic heterocycles. The number of nitrogens with two attached hydrogens (primary N) is 1. The van der Waals surface area contributed by atoms with Gasteiger partial charge in [0, 0.05) is 0 Å². The maximum Gasteiger partial charge on any atom is 0.252 e. The van der Waals surface area contributed by atoms with Crippen LogP contribution in [0.3, 0.4) is 0 Å². The standard InChI is InChI=1S/C10H10N2O2/c1-6-3-4-7(10(12)13)9(14-2)8(6)5-11/h3-4H,1-2H3,(H2,12,13). The van der Waals surface area contributed by atoms with E-state index in [0.29, 0.717) is 5.56 Å². The number of methoxy groups -OCH3 is 1. The molecule has 0 atom stereocenters. The van der Waals surface area contributed by atoms with E-state index in [-0.39, 0.29) is 11.3 Å². The fourth-order valence-corrected chi connectivity index (χ4v) is 1.23. The molecule has 14 heavy (non-hydrogen) atoms. The third kappa shape index (κ3) is 1.52. The number of benzene rings is 1. The fraction of sp³-hybridized carbons (Fsp3) is 0.200. The average Bonchev–Trinajstić information content (AvgIpc) is 2.16. The quantitative estimate of drug-likeness (QED) is 0.755. The van der Waals surface area contributed by atoms with E-state index in [9.17, 15) is 4.79 Å². The van der Waals surface area contributed by atoms with Gasteiger partial charge in [0.15, 0.2) is 0 Å². The van der Waals surface area contributed by atoms with Crippen LogP contribution in [0.4, 0.5) is 0 Å². The molecular formula is C10H10N2O2. The van der Waals surface area contributed by atoms with Crippen LogP contribution in [0.15, 0.2) is 12.1 Å². The van der Waals surface area contributed by atoms with Crippen molar-refractivity contribution in [2.45, 2.75) is 6.92 Å². The van der Waals surface area contributed by atoms with Gasteiger partial charge in [0.25, 0.3) is 5.91 Å². The van der Waals surface area contributed by atoms with Crippen LogP contribution in [-0.2, 0) is 0 Å². The number of primary amides is 1. The second kappa shape index (κ2) is 3.79. The average molecular weight is 190 g/mol. The lowest BCUT2D eigenvalue weighted by Gasteiger charge is -2.08. The van der Waals surface area contributed by atoms with E-state index in [1.165, 1.54) is 7.11 Å². The van der Waals surface area contributed by atoms with Gasteiger partial charge >= 0.3 is 0 Å². The number of hydrogen-bond acceptors (Lipinski definition) is 3. The molecule has 1 aromatic rings. The van der Waals surface area contributed by atoms with Gasteiger partial charge in [-0.15, -0.1) is 0 Å². The van der Waals surface area contributed by atoms with E-state index in [1.54, 1.807) is 19.1 Å². The summed E-state index contributed by atoms with van der Waals surface area (Å²) in [6.45, 7) is 1.77. The zero-order chi connectivity index (χ0) is 10.7. The molecule has 2 N–H and O–H groups in total. The van der Waals surface area contributed by atoms with Crippen LogP contribution in [0.1, 0.15) is 21.5 Å². The van der Waals surface area contributed by atoms with Crippen molar-refractivity contribution in [3.05, 3.63) is 28.8 Å². The first-order chi connectivity index (χ1) is 6.61. The highest BCUT2D eigenvalue weighted by atomic mass is 16.5. The highest BCUT2D eigenvalue weighted by Gasteiger charge is 2.14. The number of ether oxygens (including phenoxy) is 1. The summed E-state index contributed by atoms with van der Waals surface area (Å²) < 4.78 is 4.99. The zero-order valence-corrected chi connectivity index (χ0v) is 8.00. The molecule has 0 heterocycles. The van der Waals surface area contributed by atoms with Crippen molar-refractivity contribution in [2.75, 3.05) is 7.11 Å². The van der Waals surface area contributed by atoms with Crippen LogP contribution in [0, 0.1) is 18.3 Å². The van der Waals surface area contributed by atoms with Gasteiger partial charge in [0.05, 0.1) is 18.2 Å². The van der Waals surface area contributed by atoms with Gasteiger partial charge < -0.3 is 10.5 Å². The summed E-state index contributed by atoms with van der Waals surface area (Å²) in [7, 11) is 1.40. The van der Waals surface area contributed by atoms with E-state index >= 15 is 0 Å². The summed E-state index contributed by atoms with van der Waals surface area (Å²) in [5.74, 6) is -0.349. The summed E-state index contributed by atoms with van der Waals surface area (Å²) in [5, 5.41) is 8.85. The monoisotopic (exact) mass is 190 g/mol. The maximum atomic E-state index is 11.0. The van der Waals surface area contributed by atoms with E-state index in [4.69, 9.17) is 15.7 Å². The second-order valence-corrected chi connectivity index (χ2v) is 2.81. The summed E-state index contributed by atoms with van der Waals surface area (Å²) in [5.41, 5.74) is 6.48. The second-order valence-electron chi connectivity index (χ2n) is 2.81. The normalized spacial score (nSPS) is 9.21. The third-order valence-corrected chi connectivity index (χ3v) is 1.95. The molecule has 0 saturated carbocycles. The molecule has 1 rings (SSSR count). The smallest absolute Gasteiger partial charge is 0.252 e. The Morgan fingerprint density at radius 2 is 2.21 bits per heavy atom. The van der Waals surface area contributed by atoms with E-state index < -0.39 is 5.91 Å². The summed E-state index contributed by atoms with van der Waals surface area (Å²) >= 11 is 0. The molecule has 0 unspecified atom stereocenters. The molecule has 0 fully saturated rings. The Balaban J connectivity index is 3.50. The minimum absolute atomic E-state index is 0.231. The van der Waals surface area contributed by atoms with Gasteiger partial charge in [-0.25, -0.2) is 0 Å². The Hall–Kier alpha value is -2.02. The minimum Gasteiger partial charge on any atom is -0.495 e. The Kier molecular flexibility index (Phi) is 2.73. The first-order valence-electron chi connectivity index (χ1n) is 3.99. The Morgan fingerprint density at radius 1 is 1.57 bits per heavy atom. The predicted octanol–water partition coefficient (Wildman–Crippen LogP) is 0.974. The maximum absolute atomic E-state index is 11.0. The van der Waals surface area contributed by atoms with E-state index in [0.717, 1.165) is 5.56 Å². The van der Waals surface area contributed by atoms with Crippen molar-refractivity contribution in [1.82, 2.24) is 0 Å². The number of nitriles is 1. The predicted molar refractivity (Wildman–Crippen MR) is 51.0 cm³/mol. The number of hydrogen-bond donors (Lipinski definition) is 1. The SMILES string of the molecule is COc1c(C(N)=O)ccc(C)c1C#N. The van der Waals surface area contributed by atoms with Crippen LogP contribution >= 0.6 is 0 Å². The van der Waals surface area contributed by atoms with Crippen LogP contribution in [0.25, 0.3) is 0 Å². The first kappa shape index (κ1) is 10.1. The highest BCUT2D eigenvalue weighted by molar-refractivity contribution is 5.96. The molecule has 0 radical (unpaired) electrons. The molecular weight excluding hydrogens is 180 g/mol. The Labute approximate surface area is 81.9 Å². The lowest BCUT2D eigenvalue weighted by molar-refractivity contribution is 0.0997. The van der Waals surface area contributed by atoms with Crippen molar-refractivity contribution < 1.29 is 9.53 Å². The van der Waals surface area contributed by atoms with Gasteiger partial charge in [0.1, 0.15) is 11.8 Å². The third-order valence-electron chi connectivity index (χ3n) is 1.95. The molecule has 4 heteroatoms. The van der Waals surface area contributed by atoms with Crippen molar-refractivity contribution in [3.8, 4) is 11.8 Å². The van der Waals surface area contributed by atoms with Crippen molar-refractivity contribution in [1.29, 1.82) is 5.26 Å². The number of nitrogens with zero attached hydrogens (tertiary/aromatic N) is 1. The number of carbonyl (C=O) groups excluding carboxylic acids is 1. The number of carbonyl (C=O) groups is 1. The lowest BCUT2D eigenvalue weighted by atomic mass is 10.0. The Morgan fingerprint density at radius 3 is 2.64 bits per heavy atom. The molecule has 4 nitrogen and oxygen atoms in total. The fourth-order valence-electron chi connectivity index (χ4n) is 1.23. The summed E-state index contributed by atoms with van der Waals surface area (Å²) in [6.07, 6.45) is 0. The molecule has 0 aliphatic carbocycles. The van der Waals surface area contributed by atoms with Gasteiger partial charge in [-0.05, 0) is 18.6 Å². The van der Waals surface area contributed by atoms with Crippen LogP contribution in [0.5, 0.6) is 5.75 Å². The minimum atomic E-state index is -0.599. The largest absolute Gasteiger partial charge is 0.495 e. The van der Waals surface area contributed by atoms with Crippen LogP contribution < -0.4 is 10.5 Å². The molecule has 72 valence electrons. The molecule has 1 amide bonds. The first-order valence-corrected chi connectivity index (χ1v) is 3.99. The van der Waals surface area contributed by atoms with Gasteiger partial charge in [-0.2, -0.15) is 5.26 Å². The van der Waals surface area contributed by atoms with E-state index in [1.807, 2.05) is 6.07 Å². The van der Waals surface area contributed by atoms with Crippen LogP contribution in [0.2, 0.25) is 0 Å². The van der Waals surface area contributed by atoms with Crippen molar-refractivity contribution in [3.63, 3.8) is 0 Å². The van der Waals surface area contributed by atoms with Gasteiger partial charge in [0.2, 0.25) is 0 Å². The van der Waals surface area contributed by atoms with Crippen LogP contribution in [-0.4, -0.2) is 13.0 Å². The summed E-state index contributed by atoms with van der Waals surface area (Å²) in [4.78, 5) is 11.0. The molecule has 0 saturated heterocycles. The molecule has 0 bridgehead atoms. The topological polar surface area (TPSA) is 76.1 Å². The number of rotatable bonds is 2. The molecule has 0 aromatic heterocycles. The van der Waals surface area contributed by atoms with Crippen molar-refractivity contribution >= 4 is 5.91 Å². The van der Waals surface area contributed by atoms with Crippen molar-refractivity contribution in [2.24, 2.45) is 5.73 Å². The number of aryl methyl sites for hydroxylation is 1. The molecule has 1 aromatic carbocycles. The van der Waals surface area contributed by atoms with E-state index in [2.05, 4.69) is 0 Å². The summed E-state index contributed by atoms with van der Waals surface area (Å²) in [6, 6.07) is 5.20. The van der Waals surface area contributed by atoms with Gasteiger partial charge in [-0.3, -0.25) is 4.79 Å². The lowest BCUT2D eigenvalue weighted by Crippen LogP contribution is -2.13. The number of amides is 1. The highest BCUT2D eigenvalue weighted by Crippen LogP contribution is 2.25. The van der Waals surface area contributed by atoms with Gasteiger partial charge in [-0.1, -0.05) is 6.07 Å². The zero-order valence-electron chi connectivity index (χ0n) is 8.00. The molecule has 0 spiro atoms. The Bertz CT molecular complexity index is 419.